The van der Waals surface area contributed by atoms with E-state index in [1.165, 1.54) is 32.5 Å². The third kappa shape index (κ3) is 4.26. The van der Waals surface area contributed by atoms with Crippen LogP contribution in [0.15, 0.2) is 0 Å². The fourth-order valence-electron chi connectivity index (χ4n) is 3.44. The molecule has 0 N–H and O–H groups in total. The normalized spacial score (nSPS) is 30.7. The highest BCUT2D eigenvalue weighted by Gasteiger charge is 2.26. The quantitative estimate of drug-likeness (QED) is 0.771. The molecule has 4 nitrogen and oxygen atoms in total. The van der Waals surface area contributed by atoms with Gasteiger partial charge in [-0.1, -0.05) is 0 Å². The minimum absolute atomic E-state index is 0.363. The van der Waals surface area contributed by atoms with E-state index in [2.05, 4.69) is 29.0 Å². The molecule has 0 unspecified atom stereocenters. The van der Waals surface area contributed by atoms with Crippen molar-refractivity contribution in [2.24, 2.45) is 11.8 Å². The Balaban J connectivity index is 1.68. The molecule has 0 aromatic heterocycles. The van der Waals surface area contributed by atoms with Gasteiger partial charge in [-0.3, -0.25) is 4.79 Å². The number of carbonyl (C=O) groups is 1. The van der Waals surface area contributed by atoms with Gasteiger partial charge in [0.1, 0.15) is 5.78 Å². The molecule has 0 spiro atoms. The molecule has 19 heavy (non-hydrogen) atoms. The van der Waals surface area contributed by atoms with Crippen LogP contribution in [0.25, 0.3) is 0 Å². The highest BCUT2D eigenvalue weighted by molar-refractivity contribution is 5.78. The molecule has 1 aliphatic carbocycles. The van der Waals surface area contributed by atoms with Crippen molar-refractivity contribution in [3.05, 3.63) is 0 Å². The molecule has 0 atom stereocenters. The lowest BCUT2D eigenvalue weighted by Gasteiger charge is -2.40. The smallest absolute Gasteiger partial charge is 0.132 e. The number of piperazine rings is 1. The molecular weight excluding hydrogens is 238 g/mol. The molecule has 0 bridgehead atoms. The van der Waals surface area contributed by atoms with E-state index in [1.807, 2.05) is 0 Å². The number of Topliss-reactive ketones (excluding diaryl/α,β-unsaturated/α-hetero) is 1. The summed E-state index contributed by atoms with van der Waals surface area (Å²) in [5.41, 5.74) is 0. The van der Waals surface area contributed by atoms with Gasteiger partial charge in [-0.25, -0.2) is 10.0 Å². The van der Waals surface area contributed by atoms with Gasteiger partial charge in [0.2, 0.25) is 0 Å². The average molecular weight is 267 g/mol. The summed E-state index contributed by atoms with van der Waals surface area (Å²) in [4.78, 5) is 14.0. The maximum absolute atomic E-state index is 11.4. The second-order valence-corrected chi connectivity index (χ2v) is 6.43. The van der Waals surface area contributed by atoms with E-state index in [-0.39, 0.29) is 0 Å². The SMILES string of the molecule is CC(=O)C1CCC(CN2CCN(N(C)C)CC2)CC1. The third-order valence-corrected chi connectivity index (χ3v) is 4.85. The Morgan fingerprint density at radius 3 is 2.11 bits per heavy atom. The lowest BCUT2D eigenvalue weighted by Crippen LogP contribution is -2.52. The van der Waals surface area contributed by atoms with Gasteiger partial charge < -0.3 is 4.90 Å². The Labute approximate surface area is 117 Å². The van der Waals surface area contributed by atoms with Crippen molar-refractivity contribution < 1.29 is 4.79 Å². The third-order valence-electron chi connectivity index (χ3n) is 4.85. The largest absolute Gasteiger partial charge is 0.300 e. The van der Waals surface area contributed by atoms with E-state index in [9.17, 15) is 4.79 Å². The molecule has 2 fully saturated rings. The molecule has 0 amide bonds. The van der Waals surface area contributed by atoms with E-state index >= 15 is 0 Å². The van der Waals surface area contributed by atoms with E-state index < -0.39 is 0 Å². The number of hydrogen-bond acceptors (Lipinski definition) is 4. The van der Waals surface area contributed by atoms with E-state index in [1.54, 1.807) is 6.92 Å². The summed E-state index contributed by atoms with van der Waals surface area (Å²) >= 11 is 0. The maximum Gasteiger partial charge on any atom is 0.132 e. The predicted molar refractivity (Wildman–Crippen MR) is 77.8 cm³/mol. The van der Waals surface area contributed by atoms with Crippen LogP contribution in [-0.4, -0.2) is 67.5 Å². The van der Waals surface area contributed by atoms with Gasteiger partial charge >= 0.3 is 0 Å². The summed E-state index contributed by atoms with van der Waals surface area (Å²) in [7, 11) is 4.25. The summed E-state index contributed by atoms with van der Waals surface area (Å²) in [6.45, 7) is 7.67. The topological polar surface area (TPSA) is 26.8 Å². The number of nitrogens with zero attached hydrogens (tertiary/aromatic N) is 3. The van der Waals surface area contributed by atoms with Crippen LogP contribution in [0.5, 0.6) is 0 Å². The van der Waals surface area contributed by atoms with Crippen molar-refractivity contribution in [1.82, 2.24) is 14.9 Å². The number of hydrazine groups is 1. The second kappa shape index (κ2) is 6.82. The van der Waals surface area contributed by atoms with Crippen LogP contribution in [-0.2, 0) is 4.79 Å². The number of hydrogen-bond donors (Lipinski definition) is 0. The van der Waals surface area contributed by atoms with Crippen molar-refractivity contribution in [3.8, 4) is 0 Å². The fraction of sp³-hybridized carbons (Fsp3) is 0.933. The molecule has 0 radical (unpaired) electrons. The van der Waals surface area contributed by atoms with Crippen LogP contribution in [0, 0.1) is 11.8 Å². The standard InChI is InChI=1S/C15H29N3O/c1-13(19)15-6-4-14(5-7-15)12-17-8-10-18(11-9-17)16(2)3/h14-15H,4-12H2,1-3H3. The monoisotopic (exact) mass is 267 g/mol. The summed E-state index contributed by atoms with van der Waals surface area (Å²) < 4.78 is 0. The molecule has 0 aromatic carbocycles. The van der Waals surface area contributed by atoms with Gasteiger partial charge in [-0.05, 0) is 38.5 Å². The summed E-state index contributed by atoms with van der Waals surface area (Å²) in [6.07, 6.45) is 4.74. The molecule has 2 aliphatic rings. The van der Waals surface area contributed by atoms with Crippen LogP contribution in [0.4, 0.5) is 0 Å². The van der Waals surface area contributed by atoms with E-state index in [4.69, 9.17) is 0 Å². The Kier molecular flexibility index (Phi) is 5.37. The van der Waals surface area contributed by atoms with Crippen LogP contribution in [0.2, 0.25) is 0 Å². The molecule has 1 saturated heterocycles. The van der Waals surface area contributed by atoms with E-state index in [0.717, 1.165) is 31.8 Å². The lowest BCUT2D eigenvalue weighted by molar-refractivity contribution is -0.121. The lowest BCUT2D eigenvalue weighted by atomic mass is 9.80. The predicted octanol–water partition coefficient (Wildman–Crippen LogP) is 1.48. The average Bonchev–Trinajstić information content (AvgIpc) is 2.40. The van der Waals surface area contributed by atoms with Crippen LogP contribution in [0.1, 0.15) is 32.6 Å². The molecule has 2 rings (SSSR count). The van der Waals surface area contributed by atoms with Gasteiger partial charge in [-0.15, -0.1) is 0 Å². The molecule has 0 aromatic rings. The second-order valence-electron chi connectivity index (χ2n) is 6.43. The summed E-state index contributed by atoms with van der Waals surface area (Å²) in [5, 5.41) is 4.61. The van der Waals surface area contributed by atoms with Crippen molar-refractivity contribution >= 4 is 5.78 Å². The minimum Gasteiger partial charge on any atom is -0.300 e. The van der Waals surface area contributed by atoms with Crippen molar-refractivity contribution in [2.75, 3.05) is 46.8 Å². The molecule has 1 saturated carbocycles. The van der Waals surface area contributed by atoms with Crippen molar-refractivity contribution in [2.45, 2.75) is 32.6 Å². The van der Waals surface area contributed by atoms with Crippen LogP contribution in [0.3, 0.4) is 0 Å². The zero-order chi connectivity index (χ0) is 13.8. The molecule has 1 aliphatic heterocycles. The first-order valence-electron chi connectivity index (χ1n) is 7.71. The van der Waals surface area contributed by atoms with Gasteiger partial charge in [0.05, 0.1) is 0 Å². The van der Waals surface area contributed by atoms with Gasteiger partial charge in [0.25, 0.3) is 0 Å². The fourth-order valence-corrected chi connectivity index (χ4v) is 3.44. The van der Waals surface area contributed by atoms with Gasteiger partial charge in [0.15, 0.2) is 0 Å². The Morgan fingerprint density at radius 2 is 1.63 bits per heavy atom. The van der Waals surface area contributed by atoms with Crippen LogP contribution < -0.4 is 0 Å². The number of ketones is 1. The highest BCUT2D eigenvalue weighted by atomic mass is 16.1. The van der Waals surface area contributed by atoms with Crippen LogP contribution >= 0.6 is 0 Å². The number of carbonyl (C=O) groups excluding carboxylic acids is 1. The summed E-state index contributed by atoms with van der Waals surface area (Å²) in [6, 6.07) is 0. The first-order chi connectivity index (χ1) is 9.06. The maximum atomic E-state index is 11.4. The zero-order valence-electron chi connectivity index (χ0n) is 12.8. The molecule has 4 heteroatoms. The summed E-state index contributed by atoms with van der Waals surface area (Å²) in [5.74, 6) is 1.58. The van der Waals surface area contributed by atoms with Crippen molar-refractivity contribution in [1.29, 1.82) is 0 Å². The van der Waals surface area contributed by atoms with Crippen molar-refractivity contribution in [3.63, 3.8) is 0 Å². The number of rotatable bonds is 4. The Morgan fingerprint density at radius 1 is 1.05 bits per heavy atom. The molecule has 110 valence electrons. The minimum atomic E-state index is 0.363. The zero-order valence-corrected chi connectivity index (χ0v) is 12.8. The first-order valence-corrected chi connectivity index (χ1v) is 7.71. The molecular formula is C15H29N3O. The molecule has 1 heterocycles. The Hall–Kier alpha value is -0.450. The van der Waals surface area contributed by atoms with Gasteiger partial charge in [-0.2, -0.15) is 0 Å². The van der Waals surface area contributed by atoms with Gasteiger partial charge in [0, 0.05) is 52.7 Å². The van der Waals surface area contributed by atoms with E-state index in [0.29, 0.717) is 11.7 Å². The highest BCUT2D eigenvalue weighted by Crippen LogP contribution is 2.30. The Bertz CT molecular complexity index is 290. The first kappa shape index (κ1) is 14.9.